The fraction of sp³-hybridized carbons (Fsp3) is 0.527. The summed E-state index contributed by atoms with van der Waals surface area (Å²) in [6.07, 6.45) is 5.81. The number of hydrogen-bond acceptors (Lipinski definition) is 24. The number of aromatic amines is 3. The predicted molar refractivity (Wildman–Crippen MR) is 500 cm³/mol. The number of aromatic nitrogens is 4. The average Bonchev–Trinajstić information content (AvgIpc) is 1.59. The number of carbonyl (C=O) groups is 17. The van der Waals surface area contributed by atoms with Gasteiger partial charge in [0.25, 0.3) is 0 Å². The van der Waals surface area contributed by atoms with Crippen molar-refractivity contribution in [2.24, 2.45) is 23.1 Å². The Balaban J connectivity index is 1.12. The van der Waals surface area contributed by atoms with Crippen LogP contribution in [0.15, 0.2) is 97.7 Å². The van der Waals surface area contributed by atoms with E-state index in [9.17, 15) is 63.3 Å². The molecule has 0 spiro atoms. The van der Waals surface area contributed by atoms with Crippen LogP contribution < -0.4 is 75.7 Å². The van der Waals surface area contributed by atoms with Gasteiger partial charge in [0.05, 0.1) is 44.3 Å². The number of unbranched alkanes of at least 4 members (excludes halogenated alkanes) is 2. The molecule has 3 aliphatic rings. The molecule has 2 unspecified atom stereocenters. The van der Waals surface area contributed by atoms with Gasteiger partial charge in [-0.15, -0.1) is 11.8 Å². The summed E-state index contributed by atoms with van der Waals surface area (Å²) in [5, 5.41) is 71.2. The first-order chi connectivity index (χ1) is 64.9. The van der Waals surface area contributed by atoms with E-state index in [4.69, 9.17) is 22.6 Å². The number of imidazole rings is 1. The van der Waals surface area contributed by atoms with Crippen LogP contribution in [0.1, 0.15) is 140 Å². The number of hydrogen-bond donors (Lipinski definition) is 21. The highest BCUT2D eigenvalue weighted by molar-refractivity contribution is 8.00. The molecule has 24 N–H and O–H groups in total. The summed E-state index contributed by atoms with van der Waals surface area (Å²) in [6.45, 7) is 3.92. The molecule has 0 aliphatic carbocycles. The van der Waals surface area contributed by atoms with Crippen molar-refractivity contribution in [1.82, 2.24) is 103 Å². The number of rotatable bonds is 28. The van der Waals surface area contributed by atoms with E-state index in [1.165, 1.54) is 55.8 Å². The van der Waals surface area contributed by atoms with Gasteiger partial charge in [-0.25, -0.2) is 4.98 Å². The number of likely N-dealkylation sites (N-methyl/N-ethyl adjacent to an activating group) is 3. The average molecular weight is 1910 g/mol. The van der Waals surface area contributed by atoms with E-state index < -0.39 is 222 Å². The Morgan fingerprint density at radius 1 is 0.566 bits per heavy atom. The summed E-state index contributed by atoms with van der Waals surface area (Å²) >= 11 is 0.731. The minimum Gasteiger partial charge on any atom is -0.508 e. The number of phenolic OH excluding ortho intramolecular Hbond substituents is 1. The lowest BCUT2D eigenvalue weighted by molar-refractivity contribution is -0.149. The zero-order valence-electron chi connectivity index (χ0n) is 77.4. The molecule has 6 aromatic rings. The van der Waals surface area contributed by atoms with Gasteiger partial charge in [0.1, 0.15) is 78.3 Å². The van der Waals surface area contributed by atoms with Gasteiger partial charge in [-0.05, 0) is 111 Å². The molecule has 3 aromatic carbocycles. The van der Waals surface area contributed by atoms with Gasteiger partial charge < -0.3 is 125 Å². The lowest BCUT2D eigenvalue weighted by Gasteiger charge is -2.39. The number of aldehydes is 1. The second-order valence-corrected chi connectivity index (χ2v) is 35.9. The summed E-state index contributed by atoms with van der Waals surface area (Å²) < 4.78 is 0. The van der Waals surface area contributed by atoms with E-state index in [-0.39, 0.29) is 115 Å². The number of aliphatic hydroxyl groups is 2. The molecule has 3 saturated heterocycles. The number of para-hydroxylation sites is 2. The Kier molecular flexibility index (Phi) is 39.5. The second kappa shape index (κ2) is 50.7. The Morgan fingerprint density at radius 2 is 1.12 bits per heavy atom. The number of aromatic hydroxyl groups is 1. The van der Waals surface area contributed by atoms with Crippen LogP contribution in [0.3, 0.4) is 0 Å². The lowest BCUT2D eigenvalue weighted by atomic mass is 9.98. The largest absolute Gasteiger partial charge is 0.508 e. The van der Waals surface area contributed by atoms with Crippen LogP contribution in [-0.2, 0) is 107 Å². The van der Waals surface area contributed by atoms with Crippen molar-refractivity contribution in [3.05, 3.63) is 120 Å². The number of thioether (sulfide) groups is 1. The molecule has 3 aromatic heterocycles. The topological polar surface area (TPSA) is 662 Å². The van der Waals surface area contributed by atoms with Crippen molar-refractivity contribution >= 4 is 140 Å². The molecule has 16 amide bonds. The lowest BCUT2D eigenvalue weighted by Crippen LogP contribution is -2.67. The van der Waals surface area contributed by atoms with E-state index in [1.807, 2.05) is 13.8 Å². The number of nitrogens with one attached hydrogen (secondary N) is 15. The number of aliphatic hydroxyl groups excluding tert-OH is 2. The minimum absolute atomic E-state index is 0.0105. The van der Waals surface area contributed by atoms with Crippen LogP contribution in [0.25, 0.3) is 21.8 Å². The van der Waals surface area contributed by atoms with Crippen molar-refractivity contribution in [3.8, 4) is 5.75 Å². The maximum atomic E-state index is 15.8. The third-order valence-corrected chi connectivity index (χ3v) is 25.5. The molecule has 44 nitrogen and oxygen atoms in total. The highest BCUT2D eigenvalue weighted by Gasteiger charge is 2.50. The first kappa shape index (κ1) is 106. The maximum Gasteiger partial charge on any atom is 0.246 e. The number of H-pyrrole nitrogens is 3. The molecule has 45 heteroatoms. The van der Waals surface area contributed by atoms with E-state index in [0.29, 0.717) is 76.2 Å². The van der Waals surface area contributed by atoms with Crippen molar-refractivity contribution in [3.63, 3.8) is 0 Å². The van der Waals surface area contributed by atoms with Gasteiger partial charge in [0, 0.05) is 112 Å². The molecular formula is C91H128N24O20S. The summed E-state index contributed by atoms with van der Waals surface area (Å²) in [5.41, 5.74) is 17.7. The SMILES string of the molecule is CCCC[C@H]1C(=O)N(C)[C@@H](CCCC)C(=O)N[C@@H](CCCNC(=N)N)C(=O)NC(C(=O)NCC(N)=O)CSCC(=O)N[C@@H](Cc2ccc(O)cc2)C(=O)N(C)[C@@H](CO)C(=O)N[C@@H](CC(N)=O)C(=O)N2CCC[C@H]2C(=O)N[C@@H](Cc2cnc[nH]2)C(=O)N[C@@H](CC(C)C)C(=O)N2CCCC2(C=O)N[C@@H](Cc2c[nH]c3ccccc23)C(=O)N[C@@H](CO)C(=O)N[C@@H](Cc2c[nH]c3ccccc23)C(=O)N1C. The monoisotopic (exact) mass is 1910 g/mol. The fourth-order valence-corrected chi connectivity index (χ4v) is 18.0. The quantitative estimate of drug-likeness (QED) is 0.0101. The number of amides is 16. The van der Waals surface area contributed by atoms with Gasteiger partial charge in [-0.3, -0.25) is 92.2 Å². The maximum absolute atomic E-state index is 15.8. The summed E-state index contributed by atoms with van der Waals surface area (Å²) in [7, 11) is 3.79. The number of phenols is 1. The Labute approximate surface area is 790 Å². The van der Waals surface area contributed by atoms with Gasteiger partial charge in [0.2, 0.25) is 94.5 Å². The molecule has 136 heavy (non-hydrogen) atoms. The third-order valence-electron chi connectivity index (χ3n) is 24.4. The second-order valence-electron chi connectivity index (χ2n) is 34.9. The van der Waals surface area contributed by atoms with Crippen LogP contribution in [0.5, 0.6) is 5.75 Å². The van der Waals surface area contributed by atoms with E-state index >= 15 is 33.6 Å². The molecule has 0 radical (unpaired) electrons. The number of carbonyl (C=O) groups excluding carboxylic acids is 17. The van der Waals surface area contributed by atoms with Crippen LogP contribution in [0, 0.1) is 11.3 Å². The summed E-state index contributed by atoms with van der Waals surface area (Å²) in [4.78, 5) is 270. The third kappa shape index (κ3) is 28.8. The van der Waals surface area contributed by atoms with Crippen molar-refractivity contribution in [2.75, 3.05) is 72.0 Å². The number of primary amides is 2. The smallest absolute Gasteiger partial charge is 0.246 e. The van der Waals surface area contributed by atoms with E-state index in [1.54, 1.807) is 74.8 Å². The molecule has 738 valence electrons. The van der Waals surface area contributed by atoms with Gasteiger partial charge in [-0.1, -0.05) is 102 Å². The van der Waals surface area contributed by atoms with Gasteiger partial charge >= 0.3 is 0 Å². The molecule has 0 saturated carbocycles. The fourth-order valence-electron chi connectivity index (χ4n) is 17.1. The number of nitrogens with zero attached hydrogens (tertiary/aromatic N) is 6. The molecule has 3 fully saturated rings. The number of nitrogens with two attached hydrogens (primary N) is 3. The normalized spacial score (nSPS) is 24.6. The zero-order valence-corrected chi connectivity index (χ0v) is 78.2. The van der Waals surface area contributed by atoms with Crippen molar-refractivity contribution < 1.29 is 96.8 Å². The summed E-state index contributed by atoms with van der Waals surface area (Å²) in [6, 6.07) is -1.27. The first-order valence-electron chi connectivity index (χ1n) is 45.6. The Bertz CT molecular complexity index is 5230. The molecule has 14 atom stereocenters. The highest BCUT2D eigenvalue weighted by Crippen LogP contribution is 2.31. The van der Waals surface area contributed by atoms with Gasteiger partial charge in [-0.2, -0.15) is 0 Å². The first-order valence-corrected chi connectivity index (χ1v) is 46.7. The van der Waals surface area contributed by atoms with Crippen molar-refractivity contribution in [2.45, 2.75) is 227 Å². The Hall–Kier alpha value is -13.6. The standard InChI is InChI=1S/C91H128N24O20S/c1-8-10-24-70-82(128)103-61(23-16-32-97-90(94)95)78(124)109-69(77(123)100-44-75(93)121)47-136-48-76(122)102-65(36-52-27-29-56(119)30-28-52)85(131)113(7)73(46-117)84(130)107-67(40-74(92)120)87(133)114-33-17-26-71(114)83(129)104-62(39-55-43-96-50-101-55)79(125)105-64(35-51(3)4)88(134)115-34-18-31-91(115,49-118)110-63(37-53-41-98-59-21-14-12-19-57(53)59)80(126)108-68(45-116)81(127)106-66(38-54-42-99-60-22-15-13-20-58(54)60)86(132)112(6)72(25-11-9-2)89(135)111(70)5/h12-15,19-22,27-30,41-43,49-51,61-73,98-99,110,116-117,119H,8-11,16-18,23-26,31-40,44-48H2,1-7H3,(H2,92,120)(H2,93,121)(H,96,101)(H,100,123)(H,102,122)(H,103,128)(H,104,129)(H,105,125)(H,106,127)(H,107,130)(H,108,126)(H,109,124)(H4,94,95,97)/t61-,62-,63-,64-,65-,66-,67-,68-,69?,70-,71-,72-,73-,91?/m0/s1. The molecular weight excluding hydrogens is 1780 g/mol. The van der Waals surface area contributed by atoms with Crippen LogP contribution >= 0.6 is 11.8 Å². The van der Waals surface area contributed by atoms with Crippen LogP contribution in [0.2, 0.25) is 0 Å². The molecule has 9 rings (SSSR count). The Morgan fingerprint density at radius 3 is 1.72 bits per heavy atom. The molecule has 0 bridgehead atoms. The van der Waals surface area contributed by atoms with E-state index in [0.717, 1.165) is 38.4 Å². The minimum atomic E-state index is -2.06. The van der Waals surface area contributed by atoms with Crippen LogP contribution in [-0.4, -0.2) is 323 Å². The number of guanidine groups is 1. The van der Waals surface area contributed by atoms with E-state index in [2.05, 4.69) is 78.4 Å². The van der Waals surface area contributed by atoms with Crippen molar-refractivity contribution in [1.29, 1.82) is 5.41 Å². The predicted octanol–water partition coefficient (Wildman–Crippen LogP) is -2.93. The number of benzene rings is 3. The summed E-state index contributed by atoms with van der Waals surface area (Å²) in [5.74, 6) is -17.6. The zero-order chi connectivity index (χ0) is 99.2. The number of fused-ring (bicyclic) bond motifs is 4. The van der Waals surface area contributed by atoms with Gasteiger partial charge in [0.15, 0.2) is 17.9 Å². The molecule has 6 heterocycles. The van der Waals surface area contributed by atoms with Crippen LogP contribution in [0.4, 0.5) is 0 Å². The highest BCUT2D eigenvalue weighted by atomic mass is 32.2. The molecule has 3 aliphatic heterocycles.